The molecule has 1 aliphatic carbocycles. The fraction of sp³-hybridized carbons (Fsp3) is 0.400. The van der Waals surface area contributed by atoms with Crippen molar-refractivity contribution in [3.05, 3.63) is 36.6 Å². The van der Waals surface area contributed by atoms with Gasteiger partial charge in [0.25, 0.3) is 0 Å². The first-order chi connectivity index (χ1) is 6.90. The Bertz CT molecular complexity index is 411. The molecule has 1 rings (SSSR count). The van der Waals surface area contributed by atoms with E-state index in [1.54, 1.807) is 32.1 Å². The van der Waals surface area contributed by atoms with E-state index in [4.69, 9.17) is 4.74 Å². The SMILES string of the molecule is CC=COC1(C)C=CC=CC1S(=O)(=O)[O-].[K+]. The molecule has 16 heavy (non-hydrogen) atoms. The van der Waals surface area contributed by atoms with Crippen LogP contribution in [0.2, 0.25) is 0 Å². The van der Waals surface area contributed by atoms with Gasteiger partial charge in [-0.3, -0.25) is 0 Å². The van der Waals surface area contributed by atoms with Crippen LogP contribution < -0.4 is 51.4 Å². The van der Waals surface area contributed by atoms with Crippen LogP contribution in [0.4, 0.5) is 0 Å². The van der Waals surface area contributed by atoms with Crippen LogP contribution in [0.15, 0.2) is 36.6 Å². The largest absolute Gasteiger partial charge is 1.00 e. The second-order valence-electron chi connectivity index (χ2n) is 3.43. The van der Waals surface area contributed by atoms with Gasteiger partial charge in [-0.05, 0) is 19.9 Å². The Morgan fingerprint density at radius 1 is 1.44 bits per heavy atom. The molecule has 6 heteroatoms. The van der Waals surface area contributed by atoms with Crippen molar-refractivity contribution in [3.8, 4) is 0 Å². The van der Waals surface area contributed by atoms with Crippen molar-refractivity contribution < 1.29 is 69.1 Å². The van der Waals surface area contributed by atoms with E-state index in [1.807, 2.05) is 0 Å². The monoisotopic (exact) mass is 268 g/mol. The maximum Gasteiger partial charge on any atom is 1.00 e. The Hall–Kier alpha value is 0.566. The Morgan fingerprint density at radius 3 is 2.56 bits per heavy atom. The van der Waals surface area contributed by atoms with Gasteiger partial charge in [-0.25, -0.2) is 8.42 Å². The first-order valence-electron chi connectivity index (χ1n) is 4.50. The Kier molecular flexibility index (Phi) is 6.72. The van der Waals surface area contributed by atoms with Gasteiger partial charge in [0.15, 0.2) is 0 Å². The molecule has 0 N–H and O–H groups in total. The average Bonchev–Trinajstić information content (AvgIpc) is 2.14. The van der Waals surface area contributed by atoms with Gasteiger partial charge < -0.3 is 9.29 Å². The minimum absolute atomic E-state index is 0. The molecule has 0 amide bonds. The molecule has 2 unspecified atom stereocenters. The van der Waals surface area contributed by atoms with E-state index in [2.05, 4.69) is 0 Å². The summed E-state index contributed by atoms with van der Waals surface area (Å²) in [5.41, 5.74) is -1.12. The first kappa shape index (κ1) is 16.6. The summed E-state index contributed by atoms with van der Waals surface area (Å²) in [6, 6.07) is 0. The van der Waals surface area contributed by atoms with Crippen molar-refractivity contribution in [1.82, 2.24) is 0 Å². The van der Waals surface area contributed by atoms with E-state index in [0.29, 0.717) is 0 Å². The molecule has 0 heterocycles. The van der Waals surface area contributed by atoms with E-state index in [1.165, 1.54) is 18.4 Å². The van der Waals surface area contributed by atoms with Gasteiger partial charge in [-0.2, -0.15) is 0 Å². The first-order valence-corrected chi connectivity index (χ1v) is 5.97. The standard InChI is InChI=1S/C10H14O4S.K/c1-3-8-14-10(2)7-5-4-6-9(10)15(11,12)13;/h3-9H,1-2H3,(H,11,12,13);/q;+1/p-1. The number of hydrogen-bond acceptors (Lipinski definition) is 4. The summed E-state index contributed by atoms with van der Waals surface area (Å²) in [6.45, 7) is 3.31. The van der Waals surface area contributed by atoms with E-state index in [-0.39, 0.29) is 51.4 Å². The van der Waals surface area contributed by atoms with Crippen LogP contribution in [0.5, 0.6) is 0 Å². The summed E-state index contributed by atoms with van der Waals surface area (Å²) < 4.78 is 38.3. The van der Waals surface area contributed by atoms with Gasteiger partial charge in [-0.1, -0.05) is 24.3 Å². The van der Waals surface area contributed by atoms with Crippen LogP contribution in [-0.4, -0.2) is 23.8 Å². The van der Waals surface area contributed by atoms with Crippen molar-refractivity contribution in [3.63, 3.8) is 0 Å². The van der Waals surface area contributed by atoms with E-state index < -0.39 is 21.0 Å². The average molecular weight is 268 g/mol. The quantitative estimate of drug-likeness (QED) is 0.349. The molecule has 0 bridgehead atoms. The zero-order valence-corrected chi connectivity index (χ0v) is 13.5. The normalized spacial score (nSPS) is 29.1. The van der Waals surface area contributed by atoms with Crippen molar-refractivity contribution in [2.75, 3.05) is 0 Å². The Labute approximate surface area is 139 Å². The van der Waals surface area contributed by atoms with E-state index in [9.17, 15) is 13.0 Å². The van der Waals surface area contributed by atoms with Crippen LogP contribution in [0.1, 0.15) is 13.8 Å². The van der Waals surface area contributed by atoms with Crippen molar-refractivity contribution >= 4 is 10.1 Å². The van der Waals surface area contributed by atoms with E-state index in [0.717, 1.165) is 0 Å². The molecule has 0 saturated carbocycles. The second-order valence-corrected chi connectivity index (χ2v) is 4.92. The molecular formula is C10H13KO4S. The van der Waals surface area contributed by atoms with E-state index >= 15 is 0 Å². The third-order valence-electron chi connectivity index (χ3n) is 2.16. The van der Waals surface area contributed by atoms with Crippen LogP contribution in [0.25, 0.3) is 0 Å². The third-order valence-corrected chi connectivity index (χ3v) is 3.41. The van der Waals surface area contributed by atoms with Crippen molar-refractivity contribution in [2.45, 2.75) is 24.7 Å². The molecule has 0 aromatic carbocycles. The Balaban J connectivity index is 0.00000225. The third kappa shape index (κ3) is 4.10. The maximum absolute atomic E-state index is 11.0. The van der Waals surface area contributed by atoms with Gasteiger partial charge in [0.05, 0.1) is 6.26 Å². The molecule has 0 fully saturated rings. The number of allylic oxidation sites excluding steroid dienone is 3. The van der Waals surface area contributed by atoms with Gasteiger partial charge in [0.2, 0.25) is 0 Å². The fourth-order valence-electron chi connectivity index (χ4n) is 1.40. The summed E-state index contributed by atoms with van der Waals surface area (Å²) in [7, 11) is -4.41. The summed E-state index contributed by atoms with van der Waals surface area (Å²) in [5.74, 6) is 0. The van der Waals surface area contributed by atoms with Gasteiger partial charge in [0, 0.05) is 0 Å². The van der Waals surface area contributed by atoms with Crippen LogP contribution in [0.3, 0.4) is 0 Å². The Morgan fingerprint density at radius 2 is 2.06 bits per heavy atom. The molecule has 0 aliphatic heterocycles. The summed E-state index contributed by atoms with van der Waals surface area (Å²) in [5, 5.41) is -1.19. The minimum Gasteiger partial charge on any atom is -0.747 e. The van der Waals surface area contributed by atoms with Crippen molar-refractivity contribution in [1.29, 1.82) is 0 Å². The summed E-state index contributed by atoms with van der Waals surface area (Å²) in [4.78, 5) is 0. The predicted octanol–water partition coefficient (Wildman–Crippen LogP) is -1.66. The smallest absolute Gasteiger partial charge is 0.747 e. The predicted molar refractivity (Wildman–Crippen MR) is 56.1 cm³/mol. The number of hydrogen-bond donors (Lipinski definition) is 0. The van der Waals surface area contributed by atoms with Gasteiger partial charge in [0.1, 0.15) is 21.0 Å². The summed E-state index contributed by atoms with van der Waals surface area (Å²) >= 11 is 0. The zero-order valence-electron chi connectivity index (χ0n) is 9.58. The molecule has 2 atom stereocenters. The van der Waals surface area contributed by atoms with Crippen molar-refractivity contribution in [2.24, 2.45) is 0 Å². The van der Waals surface area contributed by atoms with Crippen LogP contribution in [-0.2, 0) is 14.9 Å². The molecule has 4 nitrogen and oxygen atoms in total. The minimum atomic E-state index is -4.41. The zero-order chi connectivity index (χ0) is 11.5. The molecule has 0 radical (unpaired) electrons. The molecule has 0 aromatic rings. The fourth-order valence-corrected chi connectivity index (χ4v) is 2.39. The van der Waals surface area contributed by atoms with Crippen LogP contribution in [0, 0.1) is 0 Å². The topological polar surface area (TPSA) is 66.4 Å². The molecule has 84 valence electrons. The number of rotatable bonds is 3. The van der Waals surface area contributed by atoms with Crippen LogP contribution >= 0.6 is 0 Å². The maximum atomic E-state index is 11.0. The molecular weight excluding hydrogens is 255 g/mol. The summed E-state index contributed by atoms with van der Waals surface area (Å²) in [6.07, 6.45) is 9.10. The molecule has 1 aliphatic rings. The van der Waals surface area contributed by atoms with Gasteiger partial charge >= 0.3 is 51.4 Å². The van der Waals surface area contributed by atoms with Gasteiger partial charge in [-0.15, -0.1) is 0 Å². The molecule has 0 spiro atoms. The number of ether oxygens (including phenoxy) is 1. The molecule has 0 saturated heterocycles. The molecule has 0 aromatic heterocycles. The second kappa shape index (κ2) is 6.49.